The molecule has 0 fully saturated rings. The van der Waals surface area contributed by atoms with Crippen LogP contribution < -0.4 is 5.32 Å². The molecule has 1 heterocycles. The van der Waals surface area contributed by atoms with Crippen molar-refractivity contribution in [3.63, 3.8) is 0 Å². The van der Waals surface area contributed by atoms with Crippen LogP contribution in [0.25, 0.3) is 0 Å². The molecule has 6 heteroatoms. The van der Waals surface area contributed by atoms with Crippen molar-refractivity contribution in [1.82, 2.24) is 10.2 Å². The van der Waals surface area contributed by atoms with Crippen molar-refractivity contribution in [2.45, 2.75) is 20.0 Å². The molecular weight excluding hydrogens is 324 g/mol. The van der Waals surface area contributed by atoms with Crippen molar-refractivity contribution in [3.05, 3.63) is 57.8 Å². The Balaban J connectivity index is 2.05. The number of hydrogen-bond donors (Lipinski definition) is 1. The Morgan fingerprint density at radius 1 is 1.21 bits per heavy atom. The van der Waals surface area contributed by atoms with E-state index in [9.17, 15) is 9.59 Å². The minimum Gasteiger partial charge on any atom is -0.383 e. The largest absolute Gasteiger partial charge is 0.383 e. The molecule has 2 rings (SSSR count). The van der Waals surface area contributed by atoms with Crippen molar-refractivity contribution in [3.8, 4) is 0 Å². The highest BCUT2D eigenvalue weighted by atomic mass is 32.1. The van der Waals surface area contributed by atoms with Gasteiger partial charge < -0.3 is 15.0 Å². The number of hydrogen-bond acceptors (Lipinski definition) is 4. The zero-order chi connectivity index (χ0) is 17.4. The van der Waals surface area contributed by atoms with Crippen LogP contribution in [0, 0.1) is 0 Å². The zero-order valence-corrected chi connectivity index (χ0v) is 14.8. The molecule has 0 unspecified atom stereocenters. The molecule has 24 heavy (non-hydrogen) atoms. The molecule has 0 radical (unpaired) electrons. The van der Waals surface area contributed by atoms with Gasteiger partial charge in [0.05, 0.1) is 13.2 Å². The molecule has 0 atom stereocenters. The van der Waals surface area contributed by atoms with Crippen LogP contribution in [0.5, 0.6) is 0 Å². The first-order valence-corrected chi connectivity index (χ1v) is 8.62. The normalized spacial score (nSPS) is 10.4. The second-order valence-electron chi connectivity index (χ2n) is 5.41. The topological polar surface area (TPSA) is 58.6 Å². The number of thiophene rings is 1. The molecule has 0 spiro atoms. The summed E-state index contributed by atoms with van der Waals surface area (Å²) in [6.45, 7) is 3.56. The average molecular weight is 346 g/mol. The molecule has 128 valence electrons. The van der Waals surface area contributed by atoms with E-state index < -0.39 is 0 Å². The van der Waals surface area contributed by atoms with Crippen LogP contribution in [0.4, 0.5) is 0 Å². The maximum atomic E-state index is 12.8. The highest BCUT2D eigenvalue weighted by molar-refractivity contribution is 7.09. The third kappa shape index (κ3) is 5.47. The molecule has 5 nitrogen and oxygen atoms in total. The van der Waals surface area contributed by atoms with Gasteiger partial charge in [-0.05, 0) is 29.1 Å². The highest BCUT2D eigenvalue weighted by Crippen LogP contribution is 2.15. The van der Waals surface area contributed by atoms with Crippen molar-refractivity contribution in [2.24, 2.45) is 0 Å². The SMILES string of the molecule is COCCN(Cc1cccs1)C(=O)c1ccc(CNC(C)=O)cc1. The lowest BCUT2D eigenvalue weighted by atomic mass is 10.1. The number of rotatable bonds is 8. The van der Waals surface area contributed by atoms with Crippen LogP contribution >= 0.6 is 11.3 Å². The lowest BCUT2D eigenvalue weighted by Crippen LogP contribution is -2.33. The van der Waals surface area contributed by atoms with E-state index in [1.165, 1.54) is 6.92 Å². The number of ether oxygens (including phenoxy) is 1. The summed E-state index contributed by atoms with van der Waals surface area (Å²) in [6, 6.07) is 11.3. The van der Waals surface area contributed by atoms with E-state index in [2.05, 4.69) is 5.32 Å². The number of carbonyl (C=O) groups excluding carboxylic acids is 2. The van der Waals surface area contributed by atoms with Gasteiger partial charge in [-0.15, -0.1) is 11.3 Å². The van der Waals surface area contributed by atoms with Gasteiger partial charge in [-0.25, -0.2) is 0 Å². The molecule has 0 aliphatic carbocycles. The predicted octanol–water partition coefficient (Wildman–Crippen LogP) is 2.67. The lowest BCUT2D eigenvalue weighted by molar-refractivity contribution is -0.119. The maximum absolute atomic E-state index is 12.8. The Morgan fingerprint density at radius 2 is 1.96 bits per heavy atom. The number of nitrogens with one attached hydrogen (secondary N) is 1. The summed E-state index contributed by atoms with van der Waals surface area (Å²) in [5.74, 6) is -0.0941. The van der Waals surface area contributed by atoms with E-state index in [-0.39, 0.29) is 11.8 Å². The molecule has 0 aliphatic rings. The van der Waals surface area contributed by atoms with Gasteiger partial charge in [0.25, 0.3) is 5.91 Å². The van der Waals surface area contributed by atoms with Gasteiger partial charge in [0, 0.05) is 37.6 Å². The number of benzene rings is 1. The first kappa shape index (κ1) is 18.2. The minimum absolute atomic E-state index is 0.0217. The summed E-state index contributed by atoms with van der Waals surface area (Å²) < 4.78 is 5.12. The molecule has 2 amide bonds. The number of nitrogens with zero attached hydrogens (tertiary/aromatic N) is 1. The Labute approximate surface area is 146 Å². The second kappa shape index (κ2) is 9.20. The fraction of sp³-hybridized carbons (Fsp3) is 0.333. The van der Waals surface area contributed by atoms with Crippen LogP contribution in [0.15, 0.2) is 41.8 Å². The number of carbonyl (C=O) groups is 2. The molecule has 1 N–H and O–H groups in total. The van der Waals surface area contributed by atoms with Gasteiger partial charge in [0.2, 0.25) is 5.91 Å². The molecule has 1 aromatic heterocycles. The highest BCUT2D eigenvalue weighted by Gasteiger charge is 2.16. The third-order valence-corrected chi connectivity index (χ3v) is 4.38. The monoisotopic (exact) mass is 346 g/mol. The van der Waals surface area contributed by atoms with Crippen molar-refractivity contribution >= 4 is 23.2 Å². The van der Waals surface area contributed by atoms with Crippen LogP contribution in [0.1, 0.15) is 27.7 Å². The van der Waals surface area contributed by atoms with Crippen LogP contribution in [0.2, 0.25) is 0 Å². The summed E-state index contributed by atoms with van der Waals surface area (Å²) in [5.41, 5.74) is 1.60. The van der Waals surface area contributed by atoms with Gasteiger partial charge in [-0.1, -0.05) is 18.2 Å². The first-order chi connectivity index (χ1) is 11.6. The molecule has 0 bridgehead atoms. The van der Waals surface area contributed by atoms with E-state index in [4.69, 9.17) is 4.74 Å². The molecule has 2 aromatic rings. The smallest absolute Gasteiger partial charge is 0.254 e. The average Bonchev–Trinajstić information content (AvgIpc) is 3.09. The maximum Gasteiger partial charge on any atom is 0.254 e. The quantitative estimate of drug-likeness (QED) is 0.799. The van der Waals surface area contributed by atoms with Crippen LogP contribution in [-0.2, 0) is 22.6 Å². The molecule has 0 saturated carbocycles. The van der Waals surface area contributed by atoms with Crippen molar-refractivity contribution in [2.75, 3.05) is 20.3 Å². The molecule has 0 saturated heterocycles. The fourth-order valence-corrected chi connectivity index (χ4v) is 2.94. The Morgan fingerprint density at radius 3 is 2.54 bits per heavy atom. The Hall–Kier alpha value is -2.18. The molecule has 1 aromatic carbocycles. The molecule has 0 aliphatic heterocycles. The molecular formula is C18H22N2O3S. The van der Waals surface area contributed by atoms with Gasteiger partial charge in [-0.2, -0.15) is 0 Å². The van der Waals surface area contributed by atoms with Gasteiger partial charge >= 0.3 is 0 Å². The summed E-state index contributed by atoms with van der Waals surface area (Å²) in [7, 11) is 1.63. The summed E-state index contributed by atoms with van der Waals surface area (Å²) >= 11 is 1.63. The van der Waals surface area contributed by atoms with Crippen LogP contribution in [0.3, 0.4) is 0 Å². The first-order valence-electron chi connectivity index (χ1n) is 7.74. The van der Waals surface area contributed by atoms with Crippen LogP contribution in [-0.4, -0.2) is 37.0 Å². The Kier molecular flexibility index (Phi) is 6.96. The van der Waals surface area contributed by atoms with Gasteiger partial charge in [0.1, 0.15) is 0 Å². The fourth-order valence-electron chi connectivity index (χ4n) is 2.22. The van der Waals surface area contributed by atoms with E-state index in [0.29, 0.717) is 31.8 Å². The zero-order valence-electron chi connectivity index (χ0n) is 14.0. The van der Waals surface area contributed by atoms with Crippen molar-refractivity contribution in [1.29, 1.82) is 0 Å². The second-order valence-corrected chi connectivity index (χ2v) is 6.44. The van der Waals surface area contributed by atoms with Gasteiger partial charge in [0.15, 0.2) is 0 Å². The number of methoxy groups -OCH3 is 1. The summed E-state index contributed by atoms with van der Waals surface area (Å²) in [4.78, 5) is 26.6. The van der Waals surface area contributed by atoms with E-state index in [0.717, 1.165) is 10.4 Å². The van der Waals surface area contributed by atoms with Crippen molar-refractivity contribution < 1.29 is 14.3 Å². The summed E-state index contributed by atoms with van der Waals surface area (Å²) in [6.07, 6.45) is 0. The van der Waals surface area contributed by atoms with E-state index in [1.54, 1.807) is 35.5 Å². The standard InChI is InChI=1S/C18H22N2O3S/c1-14(21)19-12-15-5-7-16(8-6-15)18(22)20(9-10-23-2)13-17-4-3-11-24-17/h3-8,11H,9-10,12-13H2,1-2H3,(H,19,21). The number of amides is 2. The predicted molar refractivity (Wildman–Crippen MR) is 94.9 cm³/mol. The van der Waals surface area contributed by atoms with Gasteiger partial charge in [-0.3, -0.25) is 9.59 Å². The van der Waals surface area contributed by atoms with E-state index in [1.807, 2.05) is 29.6 Å². The minimum atomic E-state index is -0.0724. The summed E-state index contributed by atoms with van der Waals surface area (Å²) in [5, 5.41) is 4.75. The lowest BCUT2D eigenvalue weighted by Gasteiger charge is -2.22. The third-order valence-electron chi connectivity index (χ3n) is 3.52. The Bertz CT molecular complexity index is 653. The van der Waals surface area contributed by atoms with E-state index >= 15 is 0 Å².